The predicted molar refractivity (Wildman–Crippen MR) is 77.8 cm³/mol. The Morgan fingerprint density at radius 2 is 1.70 bits per heavy atom. The molecule has 5 heteroatoms. The predicted octanol–water partition coefficient (Wildman–Crippen LogP) is 2.11. The Labute approximate surface area is 120 Å². The number of rotatable bonds is 2. The van der Waals surface area contributed by atoms with Gasteiger partial charge in [0.25, 0.3) is 0 Å². The molecule has 1 aromatic heterocycles. The molecule has 0 amide bonds. The highest BCUT2D eigenvalue weighted by atomic mass is 19.1. The second kappa shape index (κ2) is 5.64. The maximum atomic E-state index is 13.8. The first-order chi connectivity index (χ1) is 9.63. The minimum atomic E-state index is -0.626. The van der Waals surface area contributed by atoms with Gasteiger partial charge in [-0.05, 0) is 39.2 Å². The minimum absolute atomic E-state index is 0.150. The zero-order chi connectivity index (χ0) is 14.1. The summed E-state index contributed by atoms with van der Waals surface area (Å²) in [6, 6.07) is 2.14. The van der Waals surface area contributed by atoms with Crippen LogP contribution in [0.15, 0.2) is 6.07 Å². The number of alkyl halides is 1. The number of aromatic nitrogens is 2. The summed E-state index contributed by atoms with van der Waals surface area (Å²) in [7, 11) is 0. The number of aryl methyl sites for hydroxylation is 2. The van der Waals surface area contributed by atoms with Crippen LogP contribution in [0, 0.1) is 13.8 Å². The van der Waals surface area contributed by atoms with E-state index in [0.29, 0.717) is 0 Å². The molecule has 20 heavy (non-hydrogen) atoms. The highest BCUT2D eigenvalue weighted by Crippen LogP contribution is 2.28. The van der Waals surface area contributed by atoms with Crippen molar-refractivity contribution >= 4 is 5.95 Å². The number of hydrogen-bond donors (Lipinski definition) is 0. The average Bonchev–Trinajstić information content (AvgIpc) is 2.84. The molecule has 1 aromatic rings. The molecule has 2 aliphatic rings. The summed E-state index contributed by atoms with van der Waals surface area (Å²) in [6.45, 7) is 7.63. The van der Waals surface area contributed by atoms with Gasteiger partial charge in [0.1, 0.15) is 6.17 Å². The van der Waals surface area contributed by atoms with Gasteiger partial charge in [-0.1, -0.05) is 0 Å². The molecule has 110 valence electrons. The molecule has 0 N–H and O–H groups in total. The fraction of sp³-hybridized carbons (Fsp3) is 0.733. The zero-order valence-electron chi connectivity index (χ0n) is 12.3. The molecule has 1 aliphatic heterocycles. The Morgan fingerprint density at radius 1 is 1.05 bits per heavy atom. The maximum Gasteiger partial charge on any atom is 0.225 e. The Hall–Kier alpha value is -1.23. The van der Waals surface area contributed by atoms with Crippen LogP contribution in [0.2, 0.25) is 0 Å². The van der Waals surface area contributed by atoms with Crippen molar-refractivity contribution in [3.8, 4) is 0 Å². The number of piperazine rings is 1. The summed E-state index contributed by atoms with van der Waals surface area (Å²) in [4.78, 5) is 13.6. The zero-order valence-corrected chi connectivity index (χ0v) is 12.3. The lowest BCUT2D eigenvalue weighted by atomic mass is 10.1. The summed E-state index contributed by atoms with van der Waals surface area (Å²) < 4.78 is 13.8. The standard InChI is InChI=1S/C15H23FN4/c1-11-10-12(2)18-15(17-11)20-8-6-19(7-9-20)14-5-3-4-13(14)16/h10,13-14H,3-9H2,1-2H3/t13-,14-/m1/s1. The average molecular weight is 278 g/mol. The van der Waals surface area contributed by atoms with Gasteiger partial charge in [-0.2, -0.15) is 0 Å². The molecule has 0 radical (unpaired) electrons. The summed E-state index contributed by atoms with van der Waals surface area (Å²) in [5, 5.41) is 0. The van der Waals surface area contributed by atoms with Gasteiger partial charge in [0.2, 0.25) is 5.95 Å². The van der Waals surface area contributed by atoms with Gasteiger partial charge in [0, 0.05) is 43.6 Å². The summed E-state index contributed by atoms with van der Waals surface area (Å²) in [6.07, 6.45) is 2.16. The largest absolute Gasteiger partial charge is 0.338 e. The SMILES string of the molecule is Cc1cc(C)nc(N2CCN([C@@H]3CCC[C@H]3F)CC2)n1. The molecule has 0 aromatic carbocycles. The Bertz CT molecular complexity index is 451. The van der Waals surface area contributed by atoms with Crippen LogP contribution in [-0.4, -0.2) is 53.3 Å². The van der Waals surface area contributed by atoms with Crippen molar-refractivity contribution in [2.24, 2.45) is 0 Å². The van der Waals surface area contributed by atoms with E-state index in [4.69, 9.17) is 0 Å². The highest BCUT2D eigenvalue weighted by Gasteiger charge is 2.34. The first kappa shape index (κ1) is 13.7. The molecular formula is C15H23FN4. The van der Waals surface area contributed by atoms with Crippen LogP contribution >= 0.6 is 0 Å². The van der Waals surface area contributed by atoms with Crippen molar-refractivity contribution in [1.29, 1.82) is 0 Å². The Kier molecular flexibility index (Phi) is 3.87. The van der Waals surface area contributed by atoms with Crippen molar-refractivity contribution in [3.63, 3.8) is 0 Å². The molecule has 3 rings (SSSR count). The lowest BCUT2D eigenvalue weighted by molar-refractivity contribution is 0.124. The topological polar surface area (TPSA) is 32.3 Å². The van der Waals surface area contributed by atoms with Gasteiger partial charge in [0.15, 0.2) is 0 Å². The van der Waals surface area contributed by atoms with Crippen molar-refractivity contribution < 1.29 is 4.39 Å². The number of anilines is 1. The number of nitrogens with zero attached hydrogens (tertiary/aromatic N) is 4. The molecule has 1 aliphatic carbocycles. The highest BCUT2D eigenvalue weighted by molar-refractivity contribution is 5.33. The molecular weight excluding hydrogens is 255 g/mol. The fourth-order valence-corrected chi connectivity index (χ4v) is 3.41. The smallest absolute Gasteiger partial charge is 0.225 e. The van der Waals surface area contributed by atoms with Crippen LogP contribution < -0.4 is 4.90 Å². The monoisotopic (exact) mass is 278 g/mol. The van der Waals surface area contributed by atoms with E-state index in [1.165, 1.54) is 0 Å². The molecule has 2 atom stereocenters. The van der Waals surface area contributed by atoms with Gasteiger partial charge in [-0.15, -0.1) is 0 Å². The first-order valence-corrected chi connectivity index (χ1v) is 7.59. The molecule has 4 nitrogen and oxygen atoms in total. The van der Waals surface area contributed by atoms with E-state index in [2.05, 4.69) is 19.8 Å². The van der Waals surface area contributed by atoms with E-state index in [0.717, 1.165) is 62.8 Å². The normalized spacial score (nSPS) is 28.1. The summed E-state index contributed by atoms with van der Waals surface area (Å²) in [5.74, 6) is 0.824. The van der Waals surface area contributed by atoms with E-state index in [1.54, 1.807) is 0 Å². The maximum absolute atomic E-state index is 13.8. The molecule has 0 spiro atoms. The van der Waals surface area contributed by atoms with Crippen molar-refractivity contribution in [2.45, 2.75) is 45.3 Å². The summed E-state index contributed by atoms with van der Waals surface area (Å²) in [5.41, 5.74) is 2.02. The minimum Gasteiger partial charge on any atom is -0.338 e. The Morgan fingerprint density at radius 3 is 2.25 bits per heavy atom. The van der Waals surface area contributed by atoms with E-state index in [9.17, 15) is 4.39 Å². The van der Waals surface area contributed by atoms with Crippen LogP contribution in [0.25, 0.3) is 0 Å². The van der Waals surface area contributed by atoms with E-state index < -0.39 is 6.17 Å². The fourth-order valence-electron chi connectivity index (χ4n) is 3.41. The molecule has 0 unspecified atom stereocenters. The summed E-state index contributed by atoms with van der Waals surface area (Å²) >= 11 is 0. The van der Waals surface area contributed by atoms with Crippen molar-refractivity contribution in [3.05, 3.63) is 17.5 Å². The second-order valence-electron chi connectivity index (χ2n) is 5.99. The lowest BCUT2D eigenvalue weighted by Crippen LogP contribution is -2.52. The molecule has 0 bridgehead atoms. The van der Waals surface area contributed by atoms with Crippen LogP contribution in [0.1, 0.15) is 30.7 Å². The van der Waals surface area contributed by atoms with Crippen LogP contribution in [0.4, 0.5) is 10.3 Å². The van der Waals surface area contributed by atoms with Gasteiger partial charge in [-0.25, -0.2) is 14.4 Å². The quantitative estimate of drug-likeness (QED) is 0.829. The van der Waals surface area contributed by atoms with Crippen LogP contribution in [0.5, 0.6) is 0 Å². The van der Waals surface area contributed by atoms with E-state index in [-0.39, 0.29) is 6.04 Å². The third-order valence-electron chi connectivity index (χ3n) is 4.43. The van der Waals surface area contributed by atoms with Gasteiger partial charge in [-0.3, -0.25) is 4.90 Å². The first-order valence-electron chi connectivity index (χ1n) is 7.59. The Balaban J connectivity index is 1.63. The van der Waals surface area contributed by atoms with E-state index in [1.807, 2.05) is 19.9 Å². The van der Waals surface area contributed by atoms with Crippen molar-refractivity contribution in [2.75, 3.05) is 31.1 Å². The second-order valence-corrected chi connectivity index (χ2v) is 5.99. The van der Waals surface area contributed by atoms with Crippen LogP contribution in [-0.2, 0) is 0 Å². The van der Waals surface area contributed by atoms with Gasteiger partial charge in [0.05, 0.1) is 0 Å². The molecule has 2 fully saturated rings. The molecule has 1 saturated heterocycles. The third-order valence-corrected chi connectivity index (χ3v) is 4.43. The third kappa shape index (κ3) is 2.77. The van der Waals surface area contributed by atoms with E-state index >= 15 is 0 Å². The van der Waals surface area contributed by atoms with Crippen LogP contribution in [0.3, 0.4) is 0 Å². The number of hydrogen-bond acceptors (Lipinski definition) is 4. The molecule has 1 saturated carbocycles. The van der Waals surface area contributed by atoms with Crippen molar-refractivity contribution in [1.82, 2.24) is 14.9 Å². The van der Waals surface area contributed by atoms with Gasteiger partial charge >= 0.3 is 0 Å². The van der Waals surface area contributed by atoms with Gasteiger partial charge < -0.3 is 4.90 Å². The lowest BCUT2D eigenvalue weighted by Gasteiger charge is -2.38. The molecule has 2 heterocycles. The number of halogens is 1.